The molecule has 0 atom stereocenters. The normalized spacial score (nSPS) is 16.0. The highest BCUT2D eigenvalue weighted by atomic mass is 16.7. The van der Waals surface area contributed by atoms with E-state index in [2.05, 4.69) is 21.8 Å². The number of piperidine rings is 1. The molecule has 8 heteroatoms. The summed E-state index contributed by atoms with van der Waals surface area (Å²) >= 11 is 0. The van der Waals surface area contributed by atoms with Gasteiger partial charge in [-0.05, 0) is 18.8 Å². The van der Waals surface area contributed by atoms with E-state index < -0.39 is 5.97 Å². The molecule has 0 amide bonds. The molecule has 1 aliphatic heterocycles. The summed E-state index contributed by atoms with van der Waals surface area (Å²) in [5.41, 5.74) is 2.43. The molecule has 0 aliphatic carbocycles. The number of nitrogens with zero attached hydrogens (tertiary/aromatic N) is 3. The van der Waals surface area contributed by atoms with Gasteiger partial charge in [-0.3, -0.25) is 9.59 Å². The van der Waals surface area contributed by atoms with Crippen molar-refractivity contribution in [2.24, 2.45) is 11.8 Å². The van der Waals surface area contributed by atoms with Gasteiger partial charge in [0.05, 0.1) is 24.8 Å². The van der Waals surface area contributed by atoms with Crippen LogP contribution in [-0.2, 0) is 16.2 Å². The van der Waals surface area contributed by atoms with E-state index in [9.17, 15) is 9.59 Å². The van der Waals surface area contributed by atoms with Gasteiger partial charge in [-0.15, -0.1) is 0 Å². The summed E-state index contributed by atoms with van der Waals surface area (Å²) in [4.78, 5) is 29.7. The van der Waals surface area contributed by atoms with Gasteiger partial charge in [0.1, 0.15) is 0 Å². The molecule has 0 saturated carbocycles. The molecule has 1 fully saturated rings. The Hall–Kier alpha value is -1.93. The Morgan fingerprint density at radius 2 is 2.24 bits per heavy atom. The van der Waals surface area contributed by atoms with Crippen molar-refractivity contribution >= 4 is 11.7 Å². The molecule has 0 radical (unpaired) electrons. The minimum Gasteiger partial charge on any atom is -0.370 e. The summed E-state index contributed by atoms with van der Waals surface area (Å²) in [6, 6.07) is 1.56. The number of nitrogens with one attached hydrogen (secondary N) is 1. The second-order valence-electron chi connectivity index (χ2n) is 5.29. The second-order valence-corrected chi connectivity index (χ2v) is 5.29. The number of hydrazine groups is 1. The van der Waals surface area contributed by atoms with Crippen molar-refractivity contribution in [3.63, 3.8) is 0 Å². The molecule has 0 unspecified atom stereocenters. The topological polar surface area (TPSA) is 102 Å². The fourth-order valence-electron chi connectivity index (χ4n) is 2.35. The molecule has 0 aromatic carbocycles. The number of nitrogens with two attached hydrogens (primary N) is 1. The molecule has 1 saturated heterocycles. The first-order chi connectivity index (χ1) is 10.1. The van der Waals surface area contributed by atoms with Crippen LogP contribution in [0.15, 0.2) is 17.1 Å². The number of rotatable bonds is 5. The molecular weight excluding hydrogens is 274 g/mol. The molecule has 21 heavy (non-hydrogen) atoms. The van der Waals surface area contributed by atoms with E-state index in [0.29, 0.717) is 0 Å². The van der Waals surface area contributed by atoms with Crippen LogP contribution in [0, 0.1) is 5.92 Å². The summed E-state index contributed by atoms with van der Waals surface area (Å²) in [6.45, 7) is 4.29. The van der Waals surface area contributed by atoms with E-state index >= 15 is 0 Å². The van der Waals surface area contributed by atoms with Crippen molar-refractivity contribution in [2.45, 2.75) is 32.7 Å². The summed E-state index contributed by atoms with van der Waals surface area (Å²) in [7, 11) is 0. The standard InChI is InChI=1S/C13H21N5O3/c1-10-2-5-17(6-3-10)11-8-12(19)18(15-9-11)7-4-13(20)21-16-14/h8-10,16H,2-7,14H2,1H3. The zero-order valence-corrected chi connectivity index (χ0v) is 12.1. The van der Waals surface area contributed by atoms with Crippen molar-refractivity contribution in [3.8, 4) is 0 Å². The van der Waals surface area contributed by atoms with Crippen LogP contribution >= 0.6 is 0 Å². The monoisotopic (exact) mass is 295 g/mol. The third-order valence-electron chi connectivity index (χ3n) is 3.70. The van der Waals surface area contributed by atoms with Crippen molar-refractivity contribution in [2.75, 3.05) is 18.0 Å². The zero-order chi connectivity index (χ0) is 15.2. The van der Waals surface area contributed by atoms with Gasteiger partial charge in [0.15, 0.2) is 0 Å². The molecule has 1 aromatic rings. The molecule has 2 rings (SSSR count). The summed E-state index contributed by atoms with van der Waals surface area (Å²) in [5.74, 6) is 5.05. The third kappa shape index (κ3) is 4.27. The lowest BCUT2D eigenvalue weighted by atomic mass is 9.99. The number of hydrogen-bond donors (Lipinski definition) is 2. The molecule has 0 spiro atoms. The Bertz CT molecular complexity index is 537. The van der Waals surface area contributed by atoms with Crippen LogP contribution in [-0.4, -0.2) is 28.8 Å². The van der Waals surface area contributed by atoms with Crippen molar-refractivity contribution in [1.29, 1.82) is 0 Å². The molecule has 116 valence electrons. The minimum atomic E-state index is -0.541. The molecular formula is C13H21N5O3. The van der Waals surface area contributed by atoms with E-state index in [1.54, 1.807) is 12.3 Å². The van der Waals surface area contributed by atoms with Gasteiger partial charge in [-0.25, -0.2) is 10.5 Å². The van der Waals surface area contributed by atoms with Gasteiger partial charge < -0.3 is 9.74 Å². The summed E-state index contributed by atoms with van der Waals surface area (Å²) in [5, 5.41) is 4.11. The SMILES string of the molecule is CC1CCN(c2cnn(CCC(=O)ONN)c(=O)c2)CC1. The predicted octanol–water partition coefficient (Wildman–Crippen LogP) is -0.209. The highest BCUT2D eigenvalue weighted by Crippen LogP contribution is 2.20. The average Bonchev–Trinajstić information content (AvgIpc) is 2.47. The van der Waals surface area contributed by atoms with E-state index in [4.69, 9.17) is 5.84 Å². The first kappa shape index (κ1) is 15.5. The van der Waals surface area contributed by atoms with Crippen molar-refractivity contribution < 1.29 is 9.63 Å². The highest BCUT2D eigenvalue weighted by molar-refractivity contribution is 5.68. The Morgan fingerprint density at radius 3 is 2.86 bits per heavy atom. The first-order valence-electron chi connectivity index (χ1n) is 7.07. The van der Waals surface area contributed by atoms with Crippen LogP contribution in [0.25, 0.3) is 0 Å². The largest absolute Gasteiger partial charge is 0.370 e. The quantitative estimate of drug-likeness (QED) is 0.572. The van der Waals surface area contributed by atoms with Gasteiger partial charge in [0, 0.05) is 19.2 Å². The predicted molar refractivity (Wildman–Crippen MR) is 77.1 cm³/mol. The Balaban J connectivity index is 1.97. The molecule has 0 bridgehead atoms. The zero-order valence-electron chi connectivity index (χ0n) is 12.1. The van der Waals surface area contributed by atoms with Crippen molar-refractivity contribution in [3.05, 3.63) is 22.6 Å². The lowest BCUT2D eigenvalue weighted by Gasteiger charge is -2.31. The van der Waals surface area contributed by atoms with Crippen LogP contribution in [0.5, 0.6) is 0 Å². The van der Waals surface area contributed by atoms with Crippen molar-refractivity contribution in [1.82, 2.24) is 15.4 Å². The van der Waals surface area contributed by atoms with Crippen LogP contribution in [0.4, 0.5) is 5.69 Å². The van der Waals surface area contributed by atoms with E-state index in [1.165, 1.54) is 4.68 Å². The first-order valence-corrected chi connectivity index (χ1v) is 7.07. The number of aromatic nitrogens is 2. The molecule has 2 heterocycles. The summed E-state index contributed by atoms with van der Waals surface area (Å²) < 4.78 is 1.24. The molecule has 8 nitrogen and oxygen atoms in total. The number of anilines is 1. The Morgan fingerprint density at radius 1 is 1.52 bits per heavy atom. The smallest absolute Gasteiger partial charge is 0.328 e. The maximum absolute atomic E-state index is 12.0. The molecule has 1 aromatic heterocycles. The van der Waals surface area contributed by atoms with Gasteiger partial charge in [-0.2, -0.15) is 5.10 Å². The number of aryl methyl sites for hydroxylation is 1. The van der Waals surface area contributed by atoms with E-state index in [0.717, 1.165) is 37.5 Å². The Kier molecular flexibility index (Phi) is 5.29. The number of hydrogen-bond acceptors (Lipinski definition) is 7. The van der Waals surface area contributed by atoms with Crippen LogP contribution in [0.1, 0.15) is 26.2 Å². The lowest BCUT2D eigenvalue weighted by Crippen LogP contribution is -2.34. The third-order valence-corrected chi connectivity index (χ3v) is 3.70. The van der Waals surface area contributed by atoms with E-state index in [-0.39, 0.29) is 18.5 Å². The van der Waals surface area contributed by atoms with Gasteiger partial charge in [0.2, 0.25) is 0 Å². The number of carbonyl (C=O) groups is 1. The minimum absolute atomic E-state index is 0.0255. The highest BCUT2D eigenvalue weighted by Gasteiger charge is 2.17. The summed E-state index contributed by atoms with van der Waals surface area (Å²) in [6.07, 6.45) is 3.95. The van der Waals surface area contributed by atoms with E-state index in [1.807, 2.05) is 5.59 Å². The van der Waals surface area contributed by atoms with Gasteiger partial charge in [0.25, 0.3) is 5.56 Å². The Labute approximate surface area is 122 Å². The van der Waals surface area contributed by atoms with Gasteiger partial charge in [-0.1, -0.05) is 12.5 Å². The maximum atomic E-state index is 12.0. The molecule has 1 aliphatic rings. The van der Waals surface area contributed by atoms with Gasteiger partial charge >= 0.3 is 5.97 Å². The second kappa shape index (κ2) is 7.19. The number of carbonyl (C=O) groups excluding carboxylic acids is 1. The van der Waals surface area contributed by atoms with Crippen LogP contribution in [0.3, 0.4) is 0 Å². The van der Waals surface area contributed by atoms with Crippen LogP contribution in [0.2, 0.25) is 0 Å². The van der Waals surface area contributed by atoms with Crippen LogP contribution < -0.4 is 21.9 Å². The fourth-order valence-corrected chi connectivity index (χ4v) is 2.35. The maximum Gasteiger partial charge on any atom is 0.328 e. The average molecular weight is 295 g/mol. The lowest BCUT2D eigenvalue weighted by molar-refractivity contribution is -0.151. The molecule has 3 N–H and O–H groups in total. The fraction of sp³-hybridized carbons (Fsp3) is 0.615.